The third-order valence-electron chi connectivity index (χ3n) is 1.50. The van der Waals surface area contributed by atoms with Crippen LogP contribution < -0.4 is 5.73 Å². The van der Waals surface area contributed by atoms with Crippen LogP contribution in [0.3, 0.4) is 0 Å². The fraction of sp³-hybridized carbons (Fsp3) is 0.500. The van der Waals surface area contributed by atoms with Crippen molar-refractivity contribution in [3.63, 3.8) is 0 Å². The minimum atomic E-state index is -4.78. The SMILES string of the molecule is Nc1nn(CC(F)F)c(C(F)(F)F)c1Br. The molecule has 0 unspecified atom stereocenters. The van der Waals surface area contributed by atoms with Crippen LogP contribution in [-0.4, -0.2) is 16.2 Å². The second kappa shape index (κ2) is 3.95. The Balaban J connectivity index is 3.21. The second-order valence-corrected chi connectivity index (χ2v) is 3.41. The average molecular weight is 294 g/mol. The van der Waals surface area contributed by atoms with E-state index in [1.54, 1.807) is 0 Å². The maximum Gasteiger partial charge on any atom is 0.434 e. The van der Waals surface area contributed by atoms with Crippen molar-refractivity contribution in [3.05, 3.63) is 10.2 Å². The van der Waals surface area contributed by atoms with E-state index in [1.807, 2.05) is 0 Å². The summed E-state index contributed by atoms with van der Waals surface area (Å²) in [5.74, 6) is -0.469. The summed E-state index contributed by atoms with van der Waals surface area (Å²) in [6.45, 7) is -1.15. The van der Waals surface area contributed by atoms with E-state index in [0.29, 0.717) is 0 Å². The predicted octanol–water partition coefficient (Wildman–Crippen LogP) is 2.51. The summed E-state index contributed by atoms with van der Waals surface area (Å²) in [6, 6.07) is 0. The van der Waals surface area contributed by atoms with Crippen LogP contribution in [0.5, 0.6) is 0 Å². The normalized spacial score (nSPS) is 12.5. The molecule has 0 aromatic carbocycles. The summed E-state index contributed by atoms with van der Waals surface area (Å²) < 4.78 is 60.7. The van der Waals surface area contributed by atoms with E-state index in [9.17, 15) is 22.0 Å². The van der Waals surface area contributed by atoms with Gasteiger partial charge in [0.15, 0.2) is 11.5 Å². The lowest BCUT2D eigenvalue weighted by atomic mass is 10.4. The highest BCUT2D eigenvalue weighted by Crippen LogP contribution is 2.37. The molecule has 9 heteroatoms. The van der Waals surface area contributed by atoms with Crippen LogP contribution in [0.1, 0.15) is 5.69 Å². The quantitative estimate of drug-likeness (QED) is 0.852. The van der Waals surface area contributed by atoms with Crippen molar-refractivity contribution >= 4 is 21.7 Å². The molecule has 0 radical (unpaired) electrons. The molecule has 1 aromatic rings. The molecule has 0 spiro atoms. The molecule has 0 aliphatic heterocycles. The van der Waals surface area contributed by atoms with Crippen LogP contribution in [0.15, 0.2) is 4.47 Å². The van der Waals surface area contributed by atoms with Gasteiger partial charge in [0.05, 0.1) is 4.47 Å². The molecule has 0 bridgehead atoms. The second-order valence-electron chi connectivity index (χ2n) is 2.62. The summed E-state index contributed by atoms with van der Waals surface area (Å²) in [5, 5.41) is 3.16. The Hall–Kier alpha value is -0.860. The van der Waals surface area contributed by atoms with E-state index in [0.717, 1.165) is 0 Å². The van der Waals surface area contributed by atoms with Gasteiger partial charge in [0.1, 0.15) is 6.54 Å². The lowest BCUT2D eigenvalue weighted by Crippen LogP contribution is -2.18. The zero-order valence-corrected chi connectivity index (χ0v) is 8.61. The van der Waals surface area contributed by atoms with Gasteiger partial charge in [0.2, 0.25) is 0 Å². The maximum absolute atomic E-state index is 12.4. The van der Waals surface area contributed by atoms with Crippen LogP contribution in [0.25, 0.3) is 0 Å². The number of aromatic nitrogens is 2. The molecule has 0 fully saturated rings. The van der Waals surface area contributed by atoms with Gasteiger partial charge in [0.25, 0.3) is 6.43 Å². The molecular formula is C6H5BrF5N3. The van der Waals surface area contributed by atoms with Crippen LogP contribution in [0, 0.1) is 0 Å². The Morgan fingerprint density at radius 1 is 1.40 bits per heavy atom. The van der Waals surface area contributed by atoms with E-state index in [-0.39, 0.29) is 4.68 Å². The van der Waals surface area contributed by atoms with Crippen LogP contribution in [-0.2, 0) is 12.7 Å². The lowest BCUT2D eigenvalue weighted by Gasteiger charge is -2.09. The zero-order valence-electron chi connectivity index (χ0n) is 7.02. The van der Waals surface area contributed by atoms with Gasteiger partial charge in [-0.1, -0.05) is 0 Å². The van der Waals surface area contributed by atoms with E-state index in [2.05, 4.69) is 21.0 Å². The summed E-state index contributed by atoms with van der Waals surface area (Å²) in [7, 11) is 0. The Bertz CT molecular complexity index is 358. The predicted molar refractivity (Wildman–Crippen MR) is 45.3 cm³/mol. The largest absolute Gasteiger partial charge is 0.434 e. The van der Waals surface area contributed by atoms with Crippen molar-refractivity contribution in [1.29, 1.82) is 0 Å². The molecular weight excluding hydrogens is 289 g/mol. The summed E-state index contributed by atoms with van der Waals surface area (Å²) in [6.07, 6.45) is -7.71. The number of halogens is 6. The van der Waals surface area contributed by atoms with E-state index < -0.39 is 35.1 Å². The Morgan fingerprint density at radius 3 is 2.33 bits per heavy atom. The summed E-state index contributed by atoms with van der Waals surface area (Å²) in [4.78, 5) is 0. The molecule has 0 atom stereocenters. The molecule has 1 heterocycles. The van der Waals surface area contributed by atoms with Gasteiger partial charge in [-0.05, 0) is 15.9 Å². The van der Waals surface area contributed by atoms with Crippen molar-refractivity contribution in [2.24, 2.45) is 0 Å². The topological polar surface area (TPSA) is 43.8 Å². The highest BCUT2D eigenvalue weighted by Gasteiger charge is 2.39. The van der Waals surface area contributed by atoms with Gasteiger partial charge in [0, 0.05) is 0 Å². The fourth-order valence-electron chi connectivity index (χ4n) is 0.992. The van der Waals surface area contributed by atoms with Crippen molar-refractivity contribution < 1.29 is 22.0 Å². The molecule has 0 aliphatic rings. The van der Waals surface area contributed by atoms with E-state index in [4.69, 9.17) is 5.73 Å². The maximum atomic E-state index is 12.4. The standard InChI is InChI=1S/C6H5BrF5N3/c7-3-4(6(10,11)12)15(1-2(8)9)14-5(3)13/h2H,1H2,(H2,13,14). The van der Waals surface area contributed by atoms with Crippen molar-refractivity contribution in [2.75, 3.05) is 5.73 Å². The number of anilines is 1. The van der Waals surface area contributed by atoms with Gasteiger partial charge >= 0.3 is 6.18 Å². The van der Waals surface area contributed by atoms with Gasteiger partial charge in [-0.25, -0.2) is 8.78 Å². The number of nitrogens with zero attached hydrogens (tertiary/aromatic N) is 2. The fourth-order valence-corrected chi connectivity index (χ4v) is 1.50. The number of nitrogen functional groups attached to an aromatic ring is 1. The third kappa shape index (κ3) is 2.58. The van der Waals surface area contributed by atoms with Gasteiger partial charge in [-0.3, -0.25) is 4.68 Å². The zero-order chi connectivity index (χ0) is 11.8. The van der Waals surface area contributed by atoms with Crippen LogP contribution >= 0.6 is 15.9 Å². The van der Waals surface area contributed by atoms with Gasteiger partial charge < -0.3 is 5.73 Å². The number of hydrogen-bond acceptors (Lipinski definition) is 2. The Morgan fingerprint density at radius 2 is 1.93 bits per heavy atom. The molecule has 0 saturated carbocycles. The third-order valence-corrected chi connectivity index (χ3v) is 2.28. The van der Waals surface area contributed by atoms with Crippen LogP contribution in [0.2, 0.25) is 0 Å². The number of rotatable bonds is 2. The first kappa shape index (κ1) is 12.2. The number of alkyl halides is 5. The minimum Gasteiger partial charge on any atom is -0.381 e. The van der Waals surface area contributed by atoms with E-state index >= 15 is 0 Å². The Kier molecular flexibility index (Phi) is 3.22. The van der Waals surface area contributed by atoms with E-state index in [1.165, 1.54) is 0 Å². The van der Waals surface area contributed by atoms with Gasteiger partial charge in [-0.15, -0.1) is 0 Å². The van der Waals surface area contributed by atoms with Crippen molar-refractivity contribution in [2.45, 2.75) is 19.1 Å². The molecule has 1 rings (SSSR count). The molecule has 0 saturated heterocycles. The first-order valence-corrected chi connectivity index (χ1v) is 4.40. The molecule has 2 N–H and O–H groups in total. The summed E-state index contributed by atoms with van der Waals surface area (Å²) in [5.41, 5.74) is 3.78. The highest BCUT2D eigenvalue weighted by atomic mass is 79.9. The molecule has 15 heavy (non-hydrogen) atoms. The van der Waals surface area contributed by atoms with Crippen molar-refractivity contribution in [3.8, 4) is 0 Å². The number of nitrogens with two attached hydrogens (primary N) is 1. The Labute approximate surface area is 89.2 Å². The molecule has 1 aromatic heterocycles. The first-order valence-electron chi connectivity index (χ1n) is 3.60. The molecule has 0 aliphatic carbocycles. The smallest absolute Gasteiger partial charge is 0.381 e. The monoisotopic (exact) mass is 293 g/mol. The number of hydrogen-bond donors (Lipinski definition) is 1. The van der Waals surface area contributed by atoms with Gasteiger partial charge in [-0.2, -0.15) is 18.3 Å². The highest BCUT2D eigenvalue weighted by molar-refractivity contribution is 9.10. The first-order chi connectivity index (χ1) is 6.73. The molecule has 0 amide bonds. The van der Waals surface area contributed by atoms with Crippen molar-refractivity contribution in [1.82, 2.24) is 9.78 Å². The molecule has 86 valence electrons. The van der Waals surface area contributed by atoms with Crippen LogP contribution in [0.4, 0.5) is 27.8 Å². The lowest BCUT2D eigenvalue weighted by molar-refractivity contribution is -0.145. The summed E-state index contributed by atoms with van der Waals surface area (Å²) >= 11 is 2.55. The molecule has 3 nitrogen and oxygen atoms in total. The minimum absolute atomic E-state index is 0.143. The average Bonchev–Trinajstić information content (AvgIpc) is 2.24.